The zero-order valence-corrected chi connectivity index (χ0v) is 19.5. The molecule has 0 amide bonds. The van der Waals surface area contributed by atoms with Gasteiger partial charge in [-0.1, -0.05) is 12.1 Å². The van der Waals surface area contributed by atoms with Crippen LogP contribution in [0.2, 0.25) is 0 Å². The predicted octanol–water partition coefficient (Wildman–Crippen LogP) is 3.73. The molecule has 2 heterocycles. The lowest BCUT2D eigenvalue weighted by Crippen LogP contribution is -2.41. The van der Waals surface area contributed by atoms with Crippen molar-refractivity contribution in [1.82, 2.24) is 9.78 Å². The third kappa shape index (κ3) is 3.33. The van der Waals surface area contributed by atoms with Gasteiger partial charge in [-0.3, -0.25) is 4.68 Å². The van der Waals surface area contributed by atoms with Gasteiger partial charge in [0.15, 0.2) is 0 Å². The van der Waals surface area contributed by atoms with Crippen LogP contribution in [0.25, 0.3) is 0 Å². The summed E-state index contributed by atoms with van der Waals surface area (Å²) in [6.45, 7) is 11.5. The molecule has 0 bridgehead atoms. The fourth-order valence-electron chi connectivity index (χ4n) is 4.97. The second kappa shape index (κ2) is 7.09. The van der Waals surface area contributed by atoms with Crippen molar-refractivity contribution in [2.45, 2.75) is 83.8 Å². The Morgan fingerprint density at radius 2 is 1.77 bits per heavy atom. The molecule has 31 heavy (non-hydrogen) atoms. The molecule has 2 atom stereocenters. The lowest BCUT2D eigenvalue weighted by Gasteiger charge is -2.32. The van der Waals surface area contributed by atoms with Crippen LogP contribution in [0.1, 0.15) is 63.9 Å². The largest absolute Gasteiger partial charge is 0.498 e. The zero-order chi connectivity index (χ0) is 22.0. The average molecular weight is 424 g/mol. The SMILES string of the molecule is COc1ccc(COCc2c(B3OC(C)(C)C(C)(C)O3)c(C)nn2C23CCC2C3)cc1. The van der Waals surface area contributed by atoms with E-state index in [4.69, 9.17) is 23.9 Å². The smallest absolute Gasteiger partial charge is 0.497 e. The van der Waals surface area contributed by atoms with Crippen molar-refractivity contribution in [3.63, 3.8) is 0 Å². The summed E-state index contributed by atoms with van der Waals surface area (Å²) in [5, 5.41) is 4.99. The molecule has 3 aliphatic rings. The van der Waals surface area contributed by atoms with Crippen LogP contribution in [-0.4, -0.2) is 35.2 Å². The maximum Gasteiger partial charge on any atom is 0.498 e. The summed E-state index contributed by atoms with van der Waals surface area (Å²) in [7, 11) is 1.25. The summed E-state index contributed by atoms with van der Waals surface area (Å²) in [5.74, 6) is 1.61. The lowest BCUT2D eigenvalue weighted by molar-refractivity contribution is 0.00578. The number of hydrogen-bond donors (Lipinski definition) is 0. The molecule has 1 saturated heterocycles. The molecule has 2 aliphatic carbocycles. The number of aryl methyl sites for hydroxylation is 1. The van der Waals surface area contributed by atoms with E-state index in [0.717, 1.165) is 34.1 Å². The van der Waals surface area contributed by atoms with Crippen molar-refractivity contribution >= 4 is 12.6 Å². The van der Waals surface area contributed by atoms with Gasteiger partial charge in [0.1, 0.15) is 5.75 Å². The Kier molecular flexibility index (Phi) is 4.81. The van der Waals surface area contributed by atoms with Crippen LogP contribution in [0.4, 0.5) is 0 Å². The first-order valence-electron chi connectivity index (χ1n) is 11.3. The van der Waals surface area contributed by atoms with E-state index < -0.39 is 7.12 Å². The van der Waals surface area contributed by atoms with E-state index in [0.29, 0.717) is 13.2 Å². The van der Waals surface area contributed by atoms with Crippen molar-refractivity contribution in [2.24, 2.45) is 5.92 Å². The molecule has 2 saturated carbocycles. The second-order valence-corrected chi connectivity index (χ2v) is 10.3. The summed E-state index contributed by atoms with van der Waals surface area (Å²) in [5.41, 5.74) is 3.67. The summed E-state index contributed by atoms with van der Waals surface area (Å²) in [6, 6.07) is 8.01. The van der Waals surface area contributed by atoms with Gasteiger partial charge in [-0.25, -0.2) is 0 Å². The van der Waals surface area contributed by atoms with E-state index in [1.807, 2.05) is 24.3 Å². The van der Waals surface area contributed by atoms with Gasteiger partial charge in [-0.2, -0.15) is 5.10 Å². The molecule has 1 aromatic heterocycles. The minimum atomic E-state index is -0.424. The minimum Gasteiger partial charge on any atom is -0.497 e. The number of methoxy groups -OCH3 is 1. The molecule has 0 radical (unpaired) electrons. The molecule has 3 fully saturated rings. The van der Waals surface area contributed by atoms with Crippen LogP contribution < -0.4 is 10.2 Å². The van der Waals surface area contributed by atoms with Gasteiger partial charge in [0.05, 0.1) is 48.5 Å². The van der Waals surface area contributed by atoms with Gasteiger partial charge in [-0.15, -0.1) is 0 Å². The predicted molar refractivity (Wildman–Crippen MR) is 119 cm³/mol. The molecule has 6 nitrogen and oxygen atoms in total. The van der Waals surface area contributed by atoms with E-state index in [1.165, 1.54) is 19.3 Å². The van der Waals surface area contributed by atoms with Crippen molar-refractivity contribution in [3.8, 4) is 5.75 Å². The van der Waals surface area contributed by atoms with Crippen molar-refractivity contribution in [2.75, 3.05) is 7.11 Å². The van der Waals surface area contributed by atoms with Gasteiger partial charge in [0, 0.05) is 5.46 Å². The first kappa shape index (κ1) is 21.0. The summed E-state index contributed by atoms with van der Waals surface area (Å²) in [6.07, 6.45) is 3.73. The molecular formula is C24H33BN2O4. The van der Waals surface area contributed by atoms with E-state index in [-0.39, 0.29) is 16.7 Å². The lowest BCUT2D eigenvalue weighted by atomic mass is 9.77. The number of aromatic nitrogens is 2. The number of fused-ring (bicyclic) bond motifs is 1. The minimum absolute atomic E-state index is 0.200. The highest BCUT2D eigenvalue weighted by Gasteiger charge is 2.64. The van der Waals surface area contributed by atoms with Gasteiger partial charge >= 0.3 is 7.12 Å². The normalized spacial score (nSPS) is 27.7. The standard InChI is InChI=1S/C24H33BN2O4/c1-16-21(25-30-22(2,3)23(4,5)31-25)20(27(26-16)24-12-11-18(24)13-24)15-29-14-17-7-9-19(28-6)10-8-17/h7-10,18H,11-15H2,1-6H3. The monoisotopic (exact) mass is 424 g/mol. The molecule has 2 unspecified atom stereocenters. The maximum atomic E-state index is 6.41. The Morgan fingerprint density at radius 3 is 2.29 bits per heavy atom. The highest BCUT2D eigenvalue weighted by atomic mass is 16.7. The molecule has 1 aromatic carbocycles. The van der Waals surface area contributed by atoms with Crippen LogP contribution in [0.5, 0.6) is 5.75 Å². The van der Waals surface area contributed by atoms with Gasteiger partial charge < -0.3 is 18.8 Å². The number of nitrogens with zero attached hydrogens (tertiary/aromatic N) is 2. The molecule has 5 rings (SSSR count). The highest BCUT2D eigenvalue weighted by Crippen LogP contribution is 2.65. The molecular weight excluding hydrogens is 391 g/mol. The Hall–Kier alpha value is -1.83. The Labute approximate surface area is 185 Å². The Balaban J connectivity index is 1.41. The van der Waals surface area contributed by atoms with Crippen LogP contribution in [-0.2, 0) is 32.8 Å². The zero-order valence-electron chi connectivity index (χ0n) is 19.5. The number of benzene rings is 1. The quantitative estimate of drug-likeness (QED) is 0.635. The molecule has 2 aromatic rings. The van der Waals surface area contributed by atoms with Crippen molar-refractivity contribution in [1.29, 1.82) is 0 Å². The summed E-state index contributed by atoms with van der Waals surface area (Å²) >= 11 is 0. The average Bonchev–Trinajstić information content (AvgIpc) is 2.97. The molecule has 0 spiro atoms. The van der Waals surface area contributed by atoms with E-state index in [9.17, 15) is 0 Å². The van der Waals surface area contributed by atoms with E-state index >= 15 is 0 Å². The molecule has 166 valence electrons. The summed E-state index contributed by atoms with van der Waals surface area (Å²) in [4.78, 5) is 0. The van der Waals surface area contributed by atoms with Crippen LogP contribution in [0, 0.1) is 12.8 Å². The van der Waals surface area contributed by atoms with E-state index in [1.54, 1.807) is 7.11 Å². The van der Waals surface area contributed by atoms with Gasteiger partial charge in [-0.05, 0) is 77.5 Å². The van der Waals surface area contributed by atoms with Crippen LogP contribution >= 0.6 is 0 Å². The van der Waals surface area contributed by atoms with Crippen molar-refractivity contribution < 1.29 is 18.8 Å². The van der Waals surface area contributed by atoms with E-state index in [2.05, 4.69) is 39.3 Å². The van der Waals surface area contributed by atoms with Gasteiger partial charge in [0.2, 0.25) is 0 Å². The molecule has 1 aliphatic heterocycles. The number of rotatable bonds is 7. The topological polar surface area (TPSA) is 54.7 Å². The van der Waals surface area contributed by atoms with Gasteiger partial charge in [0.25, 0.3) is 0 Å². The second-order valence-electron chi connectivity index (χ2n) is 10.3. The third-order valence-corrected chi connectivity index (χ3v) is 7.91. The van der Waals surface area contributed by atoms with Crippen molar-refractivity contribution in [3.05, 3.63) is 41.2 Å². The third-order valence-electron chi connectivity index (χ3n) is 7.91. The Bertz CT molecular complexity index is 964. The first-order chi connectivity index (χ1) is 14.7. The van der Waals surface area contributed by atoms with Crippen LogP contribution in [0.3, 0.4) is 0 Å². The molecule has 7 heteroatoms. The fraction of sp³-hybridized carbons (Fsp3) is 0.625. The summed E-state index contributed by atoms with van der Waals surface area (Å²) < 4.78 is 26.5. The van der Waals surface area contributed by atoms with Crippen LogP contribution in [0.15, 0.2) is 24.3 Å². The Morgan fingerprint density at radius 1 is 1.10 bits per heavy atom. The number of hydrogen-bond acceptors (Lipinski definition) is 5. The highest BCUT2D eigenvalue weighted by molar-refractivity contribution is 6.63. The fourth-order valence-corrected chi connectivity index (χ4v) is 4.97. The number of ether oxygens (including phenoxy) is 2. The first-order valence-corrected chi connectivity index (χ1v) is 11.3. The molecule has 0 N–H and O–H groups in total. The maximum absolute atomic E-state index is 6.41.